The van der Waals surface area contributed by atoms with Gasteiger partial charge in [-0.15, -0.1) is 11.3 Å². The highest BCUT2D eigenvalue weighted by molar-refractivity contribution is 7.13. The fraction of sp³-hybridized carbons (Fsp3) is 0.480. The maximum absolute atomic E-state index is 13.1. The molecule has 34 heavy (non-hydrogen) atoms. The van der Waals surface area contributed by atoms with E-state index in [1.54, 1.807) is 24.5 Å². The molecule has 3 heterocycles. The maximum Gasteiger partial charge on any atom is 0.254 e. The lowest BCUT2D eigenvalue weighted by Crippen LogP contribution is -2.48. The van der Waals surface area contributed by atoms with Crippen LogP contribution in [0.1, 0.15) is 48.9 Å². The number of piperazine rings is 1. The minimum absolute atomic E-state index is 0.00483. The number of ether oxygens (including phenoxy) is 2. The van der Waals surface area contributed by atoms with Crippen molar-refractivity contribution in [3.05, 3.63) is 47.2 Å². The predicted molar refractivity (Wildman–Crippen MR) is 131 cm³/mol. The summed E-state index contributed by atoms with van der Waals surface area (Å²) in [6.45, 7) is 6.21. The van der Waals surface area contributed by atoms with Gasteiger partial charge < -0.3 is 18.9 Å². The maximum atomic E-state index is 13.1. The van der Waals surface area contributed by atoms with E-state index in [-0.39, 0.29) is 5.91 Å². The monoisotopic (exact) mass is 484 g/mol. The first-order valence-electron chi connectivity index (χ1n) is 11.9. The van der Waals surface area contributed by atoms with Crippen LogP contribution in [0, 0.1) is 0 Å². The van der Waals surface area contributed by atoms with Gasteiger partial charge in [-0.05, 0) is 36.1 Å². The second-order valence-corrected chi connectivity index (χ2v) is 9.28. The Bertz CT molecular complexity index is 1050. The molecule has 182 valence electrons. The van der Waals surface area contributed by atoms with Crippen molar-refractivity contribution in [2.45, 2.75) is 39.2 Å². The molecule has 1 aliphatic heterocycles. The van der Waals surface area contributed by atoms with E-state index in [1.165, 1.54) is 12.8 Å². The van der Waals surface area contributed by atoms with Gasteiger partial charge in [0.05, 0.1) is 25.1 Å². The highest BCUT2D eigenvalue weighted by Gasteiger charge is 2.24. The van der Waals surface area contributed by atoms with Crippen molar-refractivity contribution < 1.29 is 18.8 Å². The van der Waals surface area contributed by atoms with E-state index in [4.69, 9.17) is 14.0 Å². The highest BCUT2D eigenvalue weighted by atomic mass is 32.1. The van der Waals surface area contributed by atoms with Gasteiger partial charge in [0.1, 0.15) is 0 Å². The van der Waals surface area contributed by atoms with Crippen LogP contribution in [0.25, 0.3) is 10.7 Å². The first kappa shape index (κ1) is 24.2. The molecule has 0 bridgehead atoms. The Morgan fingerprint density at radius 3 is 2.71 bits per heavy atom. The average molecular weight is 485 g/mol. The molecule has 0 unspecified atom stereocenters. The van der Waals surface area contributed by atoms with Gasteiger partial charge in [-0.1, -0.05) is 37.4 Å². The van der Waals surface area contributed by atoms with Gasteiger partial charge in [-0.25, -0.2) is 0 Å². The van der Waals surface area contributed by atoms with E-state index in [0.717, 1.165) is 30.8 Å². The van der Waals surface area contributed by atoms with Crippen LogP contribution in [0.5, 0.6) is 11.5 Å². The smallest absolute Gasteiger partial charge is 0.254 e. The highest BCUT2D eigenvalue weighted by Crippen LogP contribution is 2.29. The Hall–Kier alpha value is -2.91. The number of unbranched alkanes of at least 4 members (excludes halogenated alkanes) is 3. The fourth-order valence-electron chi connectivity index (χ4n) is 3.94. The van der Waals surface area contributed by atoms with Crippen molar-refractivity contribution in [3.63, 3.8) is 0 Å². The van der Waals surface area contributed by atoms with Crippen LogP contribution in [0.3, 0.4) is 0 Å². The molecule has 1 aliphatic rings. The molecule has 1 saturated heterocycles. The number of amides is 1. The number of hydrogen-bond donors (Lipinski definition) is 0. The summed E-state index contributed by atoms with van der Waals surface area (Å²) in [5.41, 5.74) is 0.612. The summed E-state index contributed by atoms with van der Waals surface area (Å²) in [5.74, 6) is 2.50. The number of benzene rings is 1. The molecule has 1 aromatic carbocycles. The van der Waals surface area contributed by atoms with E-state index < -0.39 is 0 Å². The van der Waals surface area contributed by atoms with Gasteiger partial charge in [0.2, 0.25) is 11.7 Å². The van der Waals surface area contributed by atoms with Crippen LogP contribution in [-0.4, -0.2) is 65.7 Å². The summed E-state index contributed by atoms with van der Waals surface area (Å²) in [7, 11) is 1.60. The summed E-state index contributed by atoms with van der Waals surface area (Å²) in [6, 6.07) is 9.38. The number of hydrogen-bond acceptors (Lipinski definition) is 8. The third-order valence-electron chi connectivity index (χ3n) is 5.89. The van der Waals surface area contributed by atoms with Crippen LogP contribution in [0.4, 0.5) is 0 Å². The number of rotatable bonds is 11. The number of thiophene rings is 1. The van der Waals surface area contributed by atoms with E-state index in [0.29, 0.717) is 55.0 Å². The zero-order chi connectivity index (χ0) is 23.8. The minimum Gasteiger partial charge on any atom is -0.493 e. The quantitative estimate of drug-likeness (QED) is 0.364. The first-order valence-corrected chi connectivity index (χ1v) is 12.7. The number of carbonyl (C=O) groups excluding carboxylic acids is 1. The van der Waals surface area contributed by atoms with Gasteiger partial charge in [-0.2, -0.15) is 4.98 Å². The molecule has 1 fully saturated rings. The van der Waals surface area contributed by atoms with E-state index in [1.807, 2.05) is 34.5 Å². The normalized spacial score (nSPS) is 14.4. The molecule has 0 saturated carbocycles. The average Bonchev–Trinajstić information content (AvgIpc) is 3.56. The Labute approximate surface area is 204 Å². The van der Waals surface area contributed by atoms with Crippen LogP contribution < -0.4 is 9.47 Å². The standard InChI is InChI=1S/C25H32N4O4S/c1-3-4-5-6-15-32-20-10-9-19(17-21(20)31-2)25(30)29-13-11-28(12-14-29)18-23-26-24(27-33-23)22-8-7-16-34-22/h7-10,16-17H,3-6,11-15,18H2,1-2H3. The predicted octanol–water partition coefficient (Wildman–Crippen LogP) is 4.72. The summed E-state index contributed by atoms with van der Waals surface area (Å²) in [5, 5.41) is 6.07. The van der Waals surface area contributed by atoms with Crippen molar-refractivity contribution >= 4 is 17.2 Å². The SMILES string of the molecule is CCCCCCOc1ccc(C(=O)N2CCN(Cc3nc(-c4cccs4)no3)CC2)cc1OC. The van der Waals surface area contributed by atoms with Crippen molar-refractivity contribution in [3.8, 4) is 22.2 Å². The molecule has 9 heteroatoms. The topological polar surface area (TPSA) is 80.9 Å². The number of aromatic nitrogens is 2. The third-order valence-corrected chi connectivity index (χ3v) is 6.76. The van der Waals surface area contributed by atoms with Crippen LogP contribution in [0.15, 0.2) is 40.2 Å². The van der Waals surface area contributed by atoms with Crippen LogP contribution in [0.2, 0.25) is 0 Å². The molecule has 0 atom stereocenters. The van der Waals surface area contributed by atoms with E-state index in [9.17, 15) is 4.79 Å². The second-order valence-electron chi connectivity index (χ2n) is 8.33. The minimum atomic E-state index is 0.00483. The number of methoxy groups -OCH3 is 1. The van der Waals surface area contributed by atoms with Crippen LogP contribution in [-0.2, 0) is 6.54 Å². The Morgan fingerprint density at radius 2 is 1.97 bits per heavy atom. The van der Waals surface area contributed by atoms with Crippen molar-refractivity contribution in [1.82, 2.24) is 19.9 Å². The lowest BCUT2D eigenvalue weighted by Gasteiger charge is -2.34. The van der Waals surface area contributed by atoms with Crippen molar-refractivity contribution in [2.75, 3.05) is 39.9 Å². The molecule has 4 rings (SSSR count). The van der Waals surface area contributed by atoms with E-state index in [2.05, 4.69) is 22.0 Å². The van der Waals surface area contributed by atoms with Gasteiger partial charge >= 0.3 is 0 Å². The lowest BCUT2D eigenvalue weighted by molar-refractivity contribution is 0.0614. The summed E-state index contributed by atoms with van der Waals surface area (Å²) in [6.07, 6.45) is 4.58. The molecule has 2 aromatic heterocycles. The van der Waals surface area contributed by atoms with Gasteiger partial charge in [0.25, 0.3) is 5.91 Å². The molecule has 0 radical (unpaired) electrons. The Kier molecular flexibility index (Phi) is 8.54. The zero-order valence-electron chi connectivity index (χ0n) is 19.9. The first-order chi connectivity index (χ1) is 16.7. The second kappa shape index (κ2) is 12.0. The molecule has 1 amide bonds. The molecule has 0 spiro atoms. The van der Waals surface area contributed by atoms with Gasteiger partial charge in [0, 0.05) is 31.7 Å². The molecule has 0 N–H and O–H groups in total. The Balaban J connectivity index is 1.28. The van der Waals surface area contributed by atoms with Crippen molar-refractivity contribution in [2.24, 2.45) is 0 Å². The van der Waals surface area contributed by atoms with Crippen molar-refractivity contribution in [1.29, 1.82) is 0 Å². The van der Waals surface area contributed by atoms with Gasteiger partial charge in [0.15, 0.2) is 11.5 Å². The summed E-state index contributed by atoms with van der Waals surface area (Å²) >= 11 is 1.59. The molecule has 8 nitrogen and oxygen atoms in total. The van der Waals surface area contributed by atoms with Crippen LogP contribution >= 0.6 is 11.3 Å². The number of carbonyl (C=O) groups is 1. The third kappa shape index (κ3) is 6.15. The fourth-order valence-corrected chi connectivity index (χ4v) is 4.59. The molecular formula is C25H32N4O4S. The Morgan fingerprint density at radius 1 is 1.12 bits per heavy atom. The summed E-state index contributed by atoms with van der Waals surface area (Å²) in [4.78, 5) is 22.7. The van der Waals surface area contributed by atoms with Gasteiger partial charge in [-0.3, -0.25) is 9.69 Å². The van der Waals surface area contributed by atoms with E-state index >= 15 is 0 Å². The molecule has 0 aliphatic carbocycles. The molecular weight excluding hydrogens is 452 g/mol. The molecule has 3 aromatic rings. The lowest BCUT2D eigenvalue weighted by atomic mass is 10.1. The zero-order valence-corrected chi connectivity index (χ0v) is 20.7. The largest absolute Gasteiger partial charge is 0.493 e. The summed E-state index contributed by atoms with van der Waals surface area (Å²) < 4.78 is 16.8. The number of nitrogens with zero attached hydrogens (tertiary/aromatic N) is 4.